The number of thiazole rings is 1. The van der Waals surface area contributed by atoms with Gasteiger partial charge >= 0.3 is 6.61 Å². The van der Waals surface area contributed by atoms with Crippen LogP contribution in [0.2, 0.25) is 0 Å². The lowest BCUT2D eigenvalue weighted by atomic mass is 10.2. The van der Waals surface area contributed by atoms with Gasteiger partial charge in [0.25, 0.3) is 0 Å². The Morgan fingerprint density at radius 2 is 2.07 bits per heavy atom. The van der Waals surface area contributed by atoms with Gasteiger partial charge in [0.05, 0.1) is 21.8 Å². The SMILES string of the molecule is CCOc1cc(/C=C/C(=O)NCCc2nc3ccccc3s2)ccc1OC(F)F. The summed E-state index contributed by atoms with van der Waals surface area (Å²) in [7, 11) is 0. The van der Waals surface area contributed by atoms with Crippen LogP contribution in [0.15, 0.2) is 48.5 Å². The van der Waals surface area contributed by atoms with Gasteiger partial charge in [-0.15, -0.1) is 11.3 Å². The Morgan fingerprint density at radius 3 is 2.83 bits per heavy atom. The van der Waals surface area contributed by atoms with Crippen molar-refractivity contribution in [1.82, 2.24) is 10.3 Å². The van der Waals surface area contributed by atoms with Crippen molar-refractivity contribution in [2.75, 3.05) is 13.2 Å². The number of nitrogens with one attached hydrogen (secondary N) is 1. The summed E-state index contributed by atoms with van der Waals surface area (Å²) in [5, 5.41) is 3.77. The van der Waals surface area contributed by atoms with E-state index in [0.29, 0.717) is 25.1 Å². The predicted molar refractivity (Wildman–Crippen MR) is 110 cm³/mol. The summed E-state index contributed by atoms with van der Waals surface area (Å²) >= 11 is 1.61. The third kappa shape index (κ3) is 5.99. The third-order valence-electron chi connectivity index (χ3n) is 3.89. The summed E-state index contributed by atoms with van der Waals surface area (Å²) in [6, 6.07) is 12.4. The molecule has 0 saturated carbocycles. The van der Waals surface area contributed by atoms with Crippen molar-refractivity contribution in [2.45, 2.75) is 20.0 Å². The normalized spacial score (nSPS) is 11.3. The van der Waals surface area contributed by atoms with Crippen LogP contribution in [-0.4, -0.2) is 30.7 Å². The van der Waals surface area contributed by atoms with Gasteiger partial charge < -0.3 is 14.8 Å². The minimum Gasteiger partial charge on any atom is -0.490 e. The molecule has 0 atom stereocenters. The number of carbonyl (C=O) groups is 1. The number of rotatable bonds is 9. The highest BCUT2D eigenvalue weighted by molar-refractivity contribution is 7.18. The molecule has 0 aliphatic heterocycles. The molecule has 8 heteroatoms. The van der Waals surface area contributed by atoms with E-state index >= 15 is 0 Å². The highest BCUT2D eigenvalue weighted by Gasteiger charge is 2.11. The number of ether oxygens (including phenoxy) is 2. The number of nitrogens with zero attached hydrogens (tertiary/aromatic N) is 1. The van der Waals surface area contributed by atoms with Gasteiger partial charge in [-0.25, -0.2) is 4.98 Å². The molecular formula is C21H20F2N2O3S. The number of hydrogen-bond acceptors (Lipinski definition) is 5. The molecule has 0 aliphatic rings. The molecule has 0 saturated heterocycles. The number of fused-ring (bicyclic) bond motifs is 1. The summed E-state index contributed by atoms with van der Waals surface area (Å²) in [4.78, 5) is 16.6. The van der Waals surface area contributed by atoms with Crippen LogP contribution in [0.1, 0.15) is 17.5 Å². The molecule has 3 aromatic rings. The molecule has 5 nitrogen and oxygen atoms in total. The number of aromatic nitrogens is 1. The maximum Gasteiger partial charge on any atom is 0.387 e. The fraction of sp³-hybridized carbons (Fsp3) is 0.238. The third-order valence-corrected chi connectivity index (χ3v) is 4.98. The maximum absolute atomic E-state index is 12.4. The highest BCUT2D eigenvalue weighted by Crippen LogP contribution is 2.30. The van der Waals surface area contributed by atoms with Crippen molar-refractivity contribution in [3.05, 3.63) is 59.1 Å². The Morgan fingerprint density at radius 1 is 1.24 bits per heavy atom. The molecule has 29 heavy (non-hydrogen) atoms. The van der Waals surface area contributed by atoms with Crippen molar-refractivity contribution < 1.29 is 23.0 Å². The molecule has 0 bridgehead atoms. The summed E-state index contributed by atoms with van der Waals surface area (Å²) < 4.78 is 35.8. The molecule has 0 radical (unpaired) electrons. The molecule has 152 valence electrons. The van der Waals surface area contributed by atoms with Crippen LogP contribution in [0, 0.1) is 0 Å². The van der Waals surface area contributed by atoms with Gasteiger partial charge in [0.15, 0.2) is 11.5 Å². The summed E-state index contributed by atoms with van der Waals surface area (Å²) in [6.07, 6.45) is 3.62. The number of amides is 1. The van der Waals surface area contributed by atoms with E-state index in [1.807, 2.05) is 24.3 Å². The second kappa shape index (κ2) is 9.97. The molecule has 0 aliphatic carbocycles. The lowest BCUT2D eigenvalue weighted by molar-refractivity contribution is -0.116. The van der Waals surface area contributed by atoms with Gasteiger partial charge in [-0.1, -0.05) is 18.2 Å². The molecule has 0 unspecified atom stereocenters. The minimum absolute atomic E-state index is 0.0423. The van der Waals surface area contributed by atoms with Crippen molar-refractivity contribution in [3.8, 4) is 11.5 Å². The van der Waals surface area contributed by atoms with E-state index in [2.05, 4.69) is 15.0 Å². The minimum atomic E-state index is -2.93. The molecule has 1 amide bonds. The second-order valence-electron chi connectivity index (χ2n) is 5.97. The van der Waals surface area contributed by atoms with E-state index in [0.717, 1.165) is 15.2 Å². The highest BCUT2D eigenvalue weighted by atomic mass is 32.1. The number of halogens is 2. The van der Waals surface area contributed by atoms with Crippen LogP contribution in [0.3, 0.4) is 0 Å². The molecule has 1 heterocycles. The van der Waals surface area contributed by atoms with E-state index in [1.54, 1.807) is 36.5 Å². The second-order valence-corrected chi connectivity index (χ2v) is 7.08. The molecule has 0 fully saturated rings. The van der Waals surface area contributed by atoms with Crippen molar-refractivity contribution in [3.63, 3.8) is 0 Å². The summed E-state index contributed by atoms with van der Waals surface area (Å²) in [5.41, 5.74) is 1.60. The number of alkyl halides is 2. The van der Waals surface area contributed by atoms with Crippen LogP contribution < -0.4 is 14.8 Å². The van der Waals surface area contributed by atoms with E-state index in [-0.39, 0.29) is 17.4 Å². The first-order valence-corrected chi connectivity index (χ1v) is 9.89. The Balaban J connectivity index is 1.54. The molecule has 0 spiro atoms. The molecule has 1 N–H and O–H groups in total. The summed E-state index contributed by atoms with van der Waals surface area (Å²) in [6.45, 7) is -0.419. The standard InChI is InChI=1S/C21H20F2N2O3S/c1-2-27-17-13-14(7-9-16(17)28-21(22)23)8-10-19(26)24-12-11-20-25-15-5-3-4-6-18(15)29-20/h3-10,13,21H,2,11-12H2,1H3,(H,24,26)/b10-8+. The fourth-order valence-electron chi connectivity index (χ4n) is 2.64. The number of hydrogen-bond donors (Lipinski definition) is 1. The number of para-hydroxylation sites is 1. The quantitative estimate of drug-likeness (QED) is 0.513. The molecule has 2 aromatic carbocycles. The number of carbonyl (C=O) groups excluding carboxylic acids is 1. The van der Waals surface area contributed by atoms with Gasteiger partial charge in [-0.2, -0.15) is 8.78 Å². The lowest BCUT2D eigenvalue weighted by Crippen LogP contribution is -2.23. The predicted octanol–water partition coefficient (Wildman–Crippen LogP) is 4.67. The first-order chi connectivity index (χ1) is 14.0. The monoisotopic (exact) mass is 418 g/mol. The summed E-state index contributed by atoms with van der Waals surface area (Å²) in [5.74, 6) is -0.0949. The zero-order valence-corrected chi connectivity index (χ0v) is 16.5. The molecule has 1 aromatic heterocycles. The Bertz CT molecular complexity index is 972. The van der Waals surface area contributed by atoms with E-state index in [4.69, 9.17) is 4.74 Å². The smallest absolute Gasteiger partial charge is 0.387 e. The molecular weight excluding hydrogens is 398 g/mol. The van der Waals surface area contributed by atoms with Crippen LogP contribution in [0.25, 0.3) is 16.3 Å². The zero-order valence-electron chi connectivity index (χ0n) is 15.7. The molecule has 3 rings (SSSR count). The fourth-order valence-corrected chi connectivity index (χ4v) is 3.61. The topological polar surface area (TPSA) is 60.5 Å². The Hall–Kier alpha value is -3.00. The van der Waals surface area contributed by atoms with Gasteiger partial charge in [-0.3, -0.25) is 4.79 Å². The lowest BCUT2D eigenvalue weighted by Gasteiger charge is -2.11. The van der Waals surface area contributed by atoms with E-state index in [9.17, 15) is 13.6 Å². The van der Waals surface area contributed by atoms with Crippen LogP contribution >= 0.6 is 11.3 Å². The van der Waals surface area contributed by atoms with Crippen molar-refractivity contribution in [1.29, 1.82) is 0 Å². The Kier molecular flexibility index (Phi) is 7.13. The van der Waals surface area contributed by atoms with Gasteiger partial charge in [0, 0.05) is 19.0 Å². The van der Waals surface area contributed by atoms with Crippen LogP contribution in [-0.2, 0) is 11.2 Å². The van der Waals surface area contributed by atoms with Crippen LogP contribution in [0.5, 0.6) is 11.5 Å². The Labute approximate surface area is 171 Å². The first kappa shape index (κ1) is 20.7. The van der Waals surface area contributed by atoms with Gasteiger partial charge in [0.1, 0.15) is 0 Å². The maximum atomic E-state index is 12.4. The number of benzene rings is 2. The van der Waals surface area contributed by atoms with E-state index < -0.39 is 6.61 Å². The van der Waals surface area contributed by atoms with Crippen LogP contribution in [0.4, 0.5) is 8.78 Å². The largest absolute Gasteiger partial charge is 0.490 e. The zero-order chi connectivity index (χ0) is 20.6. The van der Waals surface area contributed by atoms with Crippen molar-refractivity contribution in [2.24, 2.45) is 0 Å². The van der Waals surface area contributed by atoms with Gasteiger partial charge in [0.2, 0.25) is 5.91 Å². The average Bonchev–Trinajstić information content (AvgIpc) is 3.11. The van der Waals surface area contributed by atoms with Gasteiger partial charge in [-0.05, 0) is 42.8 Å². The van der Waals surface area contributed by atoms with Crippen molar-refractivity contribution >= 4 is 33.5 Å². The first-order valence-electron chi connectivity index (χ1n) is 9.07. The average molecular weight is 418 g/mol. The van der Waals surface area contributed by atoms with E-state index in [1.165, 1.54) is 12.1 Å².